The zero-order chi connectivity index (χ0) is 15.3. The first-order valence-corrected chi connectivity index (χ1v) is 8.62. The van der Waals surface area contributed by atoms with Crippen LogP contribution in [0, 0.1) is 5.92 Å². The second-order valence-electron chi connectivity index (χ2n) is 5.11. The lowest BCUT2D eigenvalue weighted by Gasteiger charge is -2.11. The number of urea groups is 1. The second kappa shape index (κ2) is 6.95. The summed E-state index contributed by atoms with van der Waals surface area (Å²) in [7, 11) is -3.13. The molecule has 0 aliphatic rings. The molecule has 0 radical (unpaired) electrons. The van der Waals surface area contributed by atoms with Crippen molar-refractivity contribution in [2.45, 2.75) is 19.6 Å². The normalized spacial score (nSPS) is 11.4. The highest BCUT2D eigenvalue weighted by Gasteiger charge is 2.10. The van der Waals surface area contributed by atoms with Gasteiger partial charge in [0.1, 0.15) is 0 Å². The van der Waals surface area contributed by atoms with Crippen LogP contribution in [0.15, 0.2) is 18.2 Å². The molecule has 0 aliphatic heterocycles. The van der Waals surface area contributed by atoms with Crippen LogP contribution in [0.1, 0.15) is 19.4 Å². The van der Waals surface area contributed by atoms with Gasteiger partial charge in [-0.3, -0.25) is 0 Å². The van der Waals surface area contributed by atoms with E-state index in [1.165, 1.54) is 0 Å². The summed E-state index contributed by atoms with van der Waals surface area (Å²) in [6, 6.07) is 4.40. The molecule has 1 rings (SSSR count). The number of carbonyl (C=O) groups excluding carboxylic acids is 1. The Labute approximate surface area is 124 Å². The average molecular weight is 319 g/mol. The van der Waals surface area contributed by atoms with Gasteiger partial charge in [-0.15, -0.1) is 0 Å². The van der Waals surface area contributed by atoms with Crippen molar-refractivity contribution in [3.63, 3.8) is 0 Å². The van der Waals surface area contributed by atoms with E-state index in [0.717, 1.165) is 6.26 Å². The maximum Gasteiger partial charge on any atom is 0.319 e. The molecule has 0 aromatic heterocycles. The Balaban J connectivity index is 2.79. The molecule has 0 bridgehead atoms. The summed E-state index contributed by atoms with van der Waals surface area (Å²) in [5, 5.41) is 5.68. The highest BCUT2D eigenvalue weighted by Crippen LogP contribution is 2.23. The van der Waals surface area contributed by atoms with E-state index >= 15 is 0 Å². The van der Waals surface area contributed by atoms with Crippen LogP contribution in [0.3, 0.4) is 0 Å². The molecule has 5 nitrogen and oxygen atoms in total. The number of amides is 2. The first-order valence-electron chi connectivity index (χ1n) is 6.18. The third-order valence-corrected chi connectivity index (χ3v) is 3.57. The van der Waals surface area contributed by atoms with Crippen LogP contribution in [0.2, 0.25) is 5.02 Å². The number of rotatable bonds is 5. The molecule has 0 fully saturated rings. The third kappa shape index (κ3) is 6.25. The van der Waals surface area contributed by atoms with Crippen LogP contribution in [0.4, 0.5) is 10.5 Å². The lowest BCUT2D eigenvalue weighted by Crippen LogP contribution is -2.31. The van der Waals surface area contributed by atoms with Gasteiger partial charge in [-0.1, -0.05) is 31.5 Å². The monoisotopic (exact) mass is 318 g/mol. The minimum Gasteiger partial charge on any atom is -0.338 e. The first-order chi connectivity index (χ1) is 9.17. The molecule has 7 heteroatoms. The van der Waals surface area contributed by atoms with Gasteiger partial charge in [-0.05, 0) is 23.6 Å². The van der Waals surface area contributed by atoms with Crippen LogP contribution in [-0.4, -0.2) is 27.2 Å². The topological polar surface area (TPSA) is 75.3 Å². The van der Waals surface area contributed by atoms with Crippen molar-refractivity contribution >= 4 is 33.2 Å². The zero-order valence-corrected chi connectivity index (χ0v) is 13.3. The standard InChI is InChI=1S/C13H19ClN2O3S/c1-9(2)7-15-13(17)16-12-6-10(4-5-11(12)14)8-20(3,18)19/h4-6,9H,7-8H2,1-3H3,(H2,15,16,17). The van der Waals surface area contributed by atoms with Crippen LogP contribution < -0.4 is 10.6 Å². The van der Waals surface area contributed by atoms with E-state index in [2.05, 4.69) is 10.6 Å². The average Bonchev–Trinajstić information content (AvgIpc) is 2.29. The molecular formula is C13H19ClN2O3S. The van der Waals surface area contributed by atoms with Crippen molar-refractivity contribution in [2.24, 2.45) is 5.92 Å². The van der Waals surface area contributed by atoms with E-state index in [1.54, 1.807) is 18.2 Å². The van der Waals surface area contributed by atoms with Gasteiger partial charge in [0.25, 0.3) is 0 Å². The Morgan fingerprint density at radius 3 is 2.55 bits per heavy atom. The number of nitrogens with one attached hydrogen (secondary N) is 2. The Kier molecular flexibility index (Phi) is 5.83. The predicted molar refractivity (Wildman–Crippen MR) is 81.9 cm³/mol. The molecule has 1 aromatic rings. The number of halogens is 1. The Morgan fingerprint density at radius 1 is 1.35 bits per heavy atom. The van der Waals surface area contributed by atoms with Gasteiger partial charge in [-0.2, -0.15) is 0 Å². The van der Waals surface area contributed by atoms with Crippen molar-refractivity contribution in [3.05, 3.63) is 28.8 Å². The molecule has 0 heterocycles. The molecule has 0 unspecified atom stereocenters. The molecule has 1 aromatic carbocycles. The summed E-state index contributed by atoms with van der Waals surface area (Å²) in [5.41, 5.74) is 0.977. The van der Waals surface area contributed by atoms with Gasteiger partial charge in [-0.25, -0.2) is 13.2 Å². The Morgan fingerprint density at radius 2 is 2.00 bits per heavy atom. The van der Waals surface area contributed by atoms with Gasteiger partial charge in [0.2, 0.25) is 0 Å². The molecular weight excluding hydrogens is 300 g/mol. The fraction of sp³-hybridized carbons (Fsp3) is 0.462. The first kappa shape index (κ1) is 16.8. The van der Waals surface area contributed by atoms with Crippen LogP contribution >= 0.6 is 11.6 Å². The predicted octanol–water partition coefficient (Wildman–Crippen LogP) is 2.66. The quantitative estimate of drug-likeness (QED) is 0.876. The largest absolute Gasteiger partial charge is 0.338 e. The molecule has 20 heavy (non-hydrogen) atoms. The number of anilines is 1. The lowest BCUT2D eigenvalue weighted by atomic mass is 10.2. The lowest BCUT2D eigenvalue weighted by molar-refractivity contribution is 0.251. The summed E-state index contributed by atoms with van der Waals surface area (Å²) in [6.07, 6.45) is 1.16. The van der Waals surface area contributed by atoms with Crippen molar-refractivity contribution in [3.8, 4) is 0 Å². The van der Waals surface area contributed by atoms with Gasteiger partial charge in [0, 0.05) is 12.8 Å². The summed E-state index contributed by atoms with van der Waals surface area (Å²) < 4.78 is 22.5. The highest BCUT2D eigenvalue weighted by molar-refractivity contribution is 7.89. The molecule has 0 saturated heterocycles. The summed E-state index contributed by atoms with van der Waals surface area (Å²) >= 11 is 5.98. The summed E-state index contributed by atoms with van der Waals surface area (Å²) in [5.74, 6) is 0.250. The van der Waals surface area contributed by atoms with E-state index in [-0.39, 0.29) is 11.8 Å². The fourth-order valence-corrected chi connectivity index (χ4v) is 2.47. The number of hydrogen-bond acceptors (Lipinski definition) is 3. The fourth-order valence-electron chi connectivity index (χ4n) is 1.52. The number of carbonyl (C=O) groups is 1. The molecule has 0 atom stereocenters. The van der Waals surface area contributed by atoms with Crippen molar-refractivity contribution < 1.29 is 13.2 Å². The van der Waals surface area contributed by atoms with Crippen LogP contribution in [0.5, 0.6) is 0 Å². The van der Waals surface area contributed by atoms with Crippen LogP contribution in [0.25, 0.3) is 0 Å². The summed E-state index contributed by atoms with van der Waals surface area (Å²) in [4.78, 5) is 11.7. The van der Waals surface area contributed by atoms with Gasteiger partial charge in [0.15, 0.2) is 9.84 Å². The van der Waals surface area contributed by atoms with E-state index in [0.29, 0.717) is 28.7 Å². The van der Waals surface area contributed by atoms with Crippen LogP contribution in [-0.2, 0) is 15.6 Å². The molecule has 2 amide bonds. The number of hydrogen-bond donors (Lipinski definition) is 2. The van der Waals surface area contributed by atoms with Crippen molar-refractivity contribution in [2.75, 3.05) is 18.1 Å². The Hall–Kier alpha value is -1.27. The molecule has 2 N–H and O–H groups in total. The third-order valence-electron chi connectivity index (χ3n) is 2.38. The van der Waals surface area contributed by atoms with Gasteiger partial charge in [0.05, 0.1) is 16.5 Å². The summed E-state index contributed by atoms with van der Waals surface area (Å²) in [6.45, 7) is 4.52. The van der Waals surface area contributed by atoms with Crippen molar-refractivity contribution in [1.82, 2.24) is 5.32 Å². The molecule has 0 saturated carbocycles. The maximum absolute atomic E-state index is 11.7. The highest BCUT2D eigenvalue weighted by atomic mass is 35.5. The second-order valence-corrected chi connectivity index (χ2v) is 7.66. The minimum atomic E-state index is -3.13. The molecule has 112 valence electrons. The zero-order valence-electron chi connectivity index (χ0n) is 11.7. The molecule has 0 aliphatic carbocycles. The SMILES string of the molecule is CC(C)CNC(=O)Nc1cc(CS(C)(=O)=O)ccc1Cl. The Bertz CT molecular complexity index is 585. The number of benzene rings is 1. The van der Waals surface area contributed by atoms with Gasteiger partial charge >= 0.3 is 6.03 Å². The van der Waals surface area contributed by atoms with E-state index < -0.39 is 9.84 Å². The smallest absolute Gasteiger partial charge is 0.319 e. The van der Waals surface area contributed by atoms with E-state index in [1.807, 2.05) is 13.8 Å². The number of sulfone groups is 1. The van der Waals surface area contributed by atoms with E-state index in [9.17, 15) is 13.2 Å². The van der Waals surface area contributed by atoms with Gasteiger partial charge < -0.3 is 10.6 Å². The van der Waals surface area contributed by atoms with E-state index in [4.69, 9.17) is 11.6 Å². The molecule has 0 spiro atoms. The van der Waals surface area contributed by atoms with Crippen molar-refractivity contribution in [1.29, 1.82) is 0 Å². The maximum atomic E-state index is 11.7. The minimum absolute atomic E-state index is 0.0908.